The predicted molar refractivity (Wildman–Crippen MR) is 117 cm³/mol. The highest BCUT2D eigenvalue weighted by Crippen LogP contribution is 2.25. The van der Waals surface area contributed by atoms with E-state index in [4.69, 9.17) is 9.72 Å². The van der Waals surface area contributed by atoms with Crippen LogP contribution in [0.1, 0.15) is 37.3 Å². The highest BCUT2D eigenvalue weighted by molar-refractivity contribution is 5.61. The Morgan fingerprint density at radius 3 is 2.86 bits per heavy atom. The van der Waals surface area contributed by atoms with E-state index in [2.05, 4.69) is 59.2 Å². The summed E-state index contributed by atoms with van der Waals surface area (Å²) >= 11 is 0. The van der Waals surface area contributed by atoms with E-state index in [1.807, 2.05) is 22.8 Å². The second-order valence-corrected chi connectivity index (χ2v) is 7.87. The maximum absolute atomic E-state index is 5.68. The van der Waals surface area contributed by atoms with E-state index in [1.165, 1.54) is 5.56 Å². The molecule has 1 aromatic carbocycles. The molecule has 0 aliphatic carbocycles. The van der Waals surface area contributed by atoms with Gasteiger partial charge in [0, 0.05) is 31.8 Å². The molecule has 3 heterocycles. The predicted octanol–water partition coefficient (Wildman–Crippen LogP) is 3.25. The number of anilines is 2. The molecule has 29 heavy (non-hydrogen) atoms. The lowest BCUT2D eigenvalue weighted by Gasteiger charge is -2.32. The number of rotatable bonds is 7. The first-order valence-corrected chi connectivity index (χ1v) is 10.3. The largest absolute Gasteiger partial charge is 0.379 e. The molecule has 0 amide bonds. The fourth-order valence-corrected chi connectivity index (χ4v) is 3.83. The molecule has 0 spiro atoms. The number of benzene rings is 1. The number of aromatic nitrogens is 3. The molecule has 0 saturated carbocycles. The van der Waals surface area contributed by atoms with Crippen molar-refractivity contribution in [3.63, 3.8) is 0 Å². The maximum atomic E-state index is 5.68. The normalized spacial score (nSPS) is 19.6. The Hall–Kier alpha value is -2.64. The zero-order valence-corrected chi connectivity index (χ0v) is 17.4. The van der Waals surface area contributed by atoms with E-state index >= 15 is 0 Å². The lowest BCUT2D eigenvalue weighted by atomic mass is 10.0. The summed E-state index contributed by atoms with van der Waals surface area (Å²) in [5.41, 5.74) is 3.25. The van der Waals surface area contributed by atoms with E-state index in [0.717, 1.165) is 48.9 Å². The highest BCUT2D eigenvalue weighted by Gasteiger charge is 2.25. The standard InChI is InChI=1S/C22H30N6O/c1-15(2)17-13-25-28-21(24-12-16-7-5-4-6-8-16)11-20(27-22(17)28)26-18-14-23-10-9-19(18)29-3/h4-8,11,13,15,18-19,23-24H,9-10,12,14H2,1-3H3,(H,26,27)/t18-,19-/m1/s1. The summed E-state index contributed by atoms with van der Waals surface area (Å²) in [6, 6.07) is 12.6. The average molecular weight is 395 g/mol. The van der Waals surface area contributed by atoms with Crippen LogP contribution >= 0.6 is 0 Å². The van der Waals surface area contributed by atoms with Crippen LogP contribution in [0.3, 0.4) is 0 Å². The molecule has 2 atom stereocenters. The fraction of sp³-hybridized carbons (Fsp3) is 0.455. The van der Waals surface area contributed by atoms with Gasteiger partial charge in [0.25, 0.3) is 0 Å². The quantitative estimate of drug-likeness (QED) is 0.571. The molecule has 1 aliphatic heterocycles. The Bertz CT molecular complexity index is 939. The van der Waals surface area contributed by atoms with Crippen LogP contribution in [-0.2, 0) is 11.3 Å². The minimum atomic E-state index is 0.171. The van der Waals surface area contributed by atoms with Crippen molar-refractivity contribution in [1.82, 2.24) is 19.9 Å². The van der Waals surface area contributed by atoms with Gasteiger partial charge in [-0.15, -0.1) is 0 Å². The van der Waals surface area contributed by atoms with E-state index in [-0.39, 0.29) is 12.1 Å². The molecule has 4 rings (SSSR count). The summed E-state index contributed by atoms with van der Waals surface area (Å²) < 4.78 is 7.58. The number of ether oxygens (including phenoxy) is 1. The van der Waals surface area contributed by atoms with Crippen molar-refractivity contribution in [3.05, 3.63) is 53.7 Å². The number of fused-ring (bicyclic) bond motifs is 1. The summed E-state index contributed by atoms with van der Waals surface area (Å²) in [6.07, 6.45) is 3.08. The van der Waals surface area contributed by atoms with Gasteiger partial charge in [-0.2, -0.15) is 9.61 Å². The number of nitrogens with zero attached hydrogens (tertiary/aromatic N) is 3. The first-order valence-electron chi connectivity index (χ1n) is 10.3. The lowest BCUT2D eigenvalue weighted by Crippen LogP contribution is -2.49. The summed E-state index contributed by atoms with van der Waals surface area (Å²) in [6.45, 7) is 6.90. The molecular formula is C22H30N6O. The van der Waals surface area contributed by atoms with Crippen LogP contribution in [0.2, 0.25) is 0 Å². The van der Waals surface area contributed by atoms with Crippen LogP contribution in [0.5, 0.6) is 0 Å². The zero-order valence-electron chi connectivity index (χ0n) is 17.4. The number of hydrogen-bond donors (Lipinski definition) is 3. The first kappa shape index (κ1) is 19.7. The van der Waals surface area contributed by atoms with Crippen molar-refractivity contribution in [2.75, 3.05) is 30.8 Å². The molecule has 3 N–H and O–H groups in total. The zero-order chi connectivity index (χ0) is 20.2. The van der Waals surface area contributed by atoms with Crippen molar-refractivity contribution < 1.29 is 4.74 Å². The van der Waals surface area contributed by atoms with Crippen molar-refractivity contribution in [2.45, 2.75) is 44.9 Å². The third-order valence-electron chi connectivity index (χ3n) is 5.49. The van der Waals surface area contributed by atoms with Crippen molar-refractivity contribution in [1.29, 1.82) is 0 Å². The first-order chi connectivity index (χ1) is 14.2. The van der Waals surface area contributed by atoms with Gasteiger partial charge >= 0.3 is 0 Å². The van der Waals surface area contributed by atoms with E-state index in [1.54, 1.807) is 7.11 Å². The van der Waals surface area contributed by atoms with Gasteiger partial charge in [0.05, 0.1) is 18.3 Å². The van der Waals surface area contributed by atoms with Gasteiger partial charge in [0.1, 0.15) is 11.6 Å². The van der Waals surface area contributed by atoms with E-state index in [0.29, 0.717) is 5.92 Å². The SMILES string of the molecule is CO[C@@H]1CCNC[C@H]1Nc1cc(NCc2ccccc2)n2ncc(C(C)C)c2n1. The number of piperidine rings is 1. The Kier molecular flexibility index (Phi) is 5.97. The minimum absolute atomic E-state index is 0.171. The molecule has 1 aliphatic rings. The van der Waals surface area contributed by atoms with Gasteiger partial charge in [-0.05, 0) is 24.4 Å². The van der Waals surface area contributed by atoms with Gasteiger partial charge in [-0.1, -0.05) is 44.2 Å². The second kappa shape index (κ2) is 8.80. The molecule has 0 radical (unpaired) electrons. The monoisotopic (exact) mass is 394 g/mol. The van der Waals surface area contributed by atoms with Crippen LogP contribution in [0.25, 0.3) is 5.65 Å². The van der Waals surface area contributed by atoms with Crippen LogP contribution < -0.4 is 16.0 Å². The molecule has 154 valence electrons. The molecule has 2 aromatic heterocycles. The van der Waals surface area contributed by atoms with E-state index < -0.39 is 0 Å². The lowest BCUT2D eigenvalue weighted by molar-refractivity contribution is 0.0664. The van der Waals surface area contributed by atoms with E-state index in [9.17, 15) is 0 Å². The molecule has 0 bridgehead atoms. The van der Waals surface area contributed by atoms with Crippen LogP contribution in [0.15, 0.2) is 42.6 Å². The Morgan fingerprint density at radius 1 is 1.28 bits per heavy atom. The molecule has 0 unspecified atom stereocenters. The topological polar surface area (TPSA) is 75.5 Å². The maximum Gasteiger partial charge on any atom is 0.163 e. The van der Waals surface area contributed by atoms with Crippen molar-refractivity contribution in [2.24, 2.45) is 0 Å². The van der Waals surface area contributed by atoms with Gasteiger partial charge in [0.2, 0.25) is 0 Å². The van der Waals surface area contributed by atoms with Crippen LogP contribution in [0.4, 0.5) is 11.6 Å². The van der Waals surface area contributed by atoms with Gasteiger partial charge < -0.3 is 20.7 Å². The van der Waals surface area contributed by atoms with Crippen LogP contribution in [-0.4, -0.2) is 46.9 Å². The Morgan fingerprint density at radius 2 is 2.10 bits per heavy atom. The van der Waals surface area contributed by atoms with Gasteiger partial charge in [-0.25, -0.2) is 4.98 Å². The third-order valence-corrected chi connectivity index (χ3v) is 5.49. The average Bonchev–Trinajstić information content (AvgIpc) is 3.17. The molecule has 3 aromatic rings. The molecule has 1 saturated heterocycles. The highest BCUT2D eigenvalue weighted by atomic mass is 16.5. The van der Waals surface area contributed by atoms with Crippen molar-refractivity contribution in [3.8, 4) is 0 Å². The van der Waals surface area contributed by atoms with Gasteiger partial charge in [0.15, 0.2) is 5.65 Å². The molecule has 1 fully saturated rings. The smallest absolute Gasteiger partial charge is 0.163 e. The molecule has 7 nitrogen and oxygen atoms in total. The second-order valence-electron chi connectivity index (χ2n) is 7.87. The minimum Gasteiger partial charge on any atom is -0.379 e. The number of methoxy groups -OCH3 is 1. The van der Waals surface area contributed by atoms with Gasteiger partial charge in [-0.3, -0.25) is 0 Å². The summed E-state index contributed by atoms with van der Waals surface area (Å²) in [4.78, 5) is 4.90. The number of hydrogen-bond acceptors (Lipinski definition) is 6. The Balaban J connectivity index is 1.65. The summed E-state index contributed by atoms with van der Waals surface area (Å²) in [5.74, 6) is 2.11. The third kappa shape index (κ3) is 4.36. The summed E-state index contributed by atoms with van der Waals surface area (Å²) in [5, 5.41) is 15.2. The molecular weight excluding hydrogens is 364 g/mol. The fourth-order valence-electron chi connectivity index (χ4n) is 3.83. The Labute approximate surface area is 171 Å². The van der Waals surface area contributed by atoms with Crippen LogP contribution in [0, 0.1) is 0 Å². The number of nitrogens with one attached hydrogen (secondary N) is 3. The van der Waals surface area contributed by atoms with Crippen molar-refractivity contribution >= 4 is 17.3 Å². The summed E-state index contributed by atoms with van der Waals surface area (Å²) in [7, 11) is 1.78. The molecule has 7 heteroatoms.